The summed E-state index contributed by atoms with van der Waals surface area (Å²) in [4.78, 5) is 15.8. The van der Waals surface area contributed by atoms with Gasteiger partial charge in [-0.2, -0.15) is 0 Å². The highest BCUT2D eigenvalue weighted by atomic mass is 16.3. The number of aromatic hydroxyl groups is 1. The van der Waals surface area contributed by atoms with Crippen LogP contribution in [0, 0.1) is 0 Å². The second-order valence-corrected chi connectivity index (χ2v) is 3.71. The molecule has 0 spiro atoms. The van der Waals surface area contributed by atoms with Crippen LogP contribution in [0.1, 0.15) is 6.92 Å². The van der Waals surface area contributed by atoms with Crippen molar-refractivity contribution in [3.63, 3.8) is 0 Å². The molecule has 1 aromatic rings. The SMILES string of the molecule is CC1CN=C(C(=O)Nc2ccccc2O)N1. The number of aliphatic imine (C=N–C) groups is 1. The highest BCUT2D eigenvalue weighted by molar-refractivity contribution is 6.42. The van der Waals surface area contributed by atoms with Crippen LogP contribution in [0.15, 0.2) is 29.3 Å². The second-order valence-electron chi connectivity index (χ2n) is 3.71. The Labute approximate surface area is 93.2 Å². The van der Waals surface area contributed by atoms with Crippen molar-refractivity contribution in [2.45, 2.75) is 13.0 Å². The highest BCUT2D eigenvalue weighted by Gasteiger charge is 2.19. The Hall–Kier alpha value is -2.04. The molecule has 2 rings (SSSR count). The maximum atomic E-state index is 11.7. The smallest absolute Gasteiger partial charge is 0.290 e. The van der Waals surface area contributed by atoms with Crippen LogP contribution in [-0.2, 0) is 4.79 Å². The van der Waals surface area contributed by atoms with Crippen molar-refractivity contribution in [1.82, 2.24) is 5.32 Å². The number of nitrogens with zero attached hydrogens (tertiary/aromatic N) is 1. The number of nitrogens with one attached hydrogen (secondary N) is 2. The first-order valence-electron chi connectivity index (χ1n) is 5.07. The summed E-state index contributed by atoms with van der Waals surface area (Å²) in [6.45, 7) is 2.55. The molecular weight excluding hydrogens is 206 g/mol. The molecule has 0 saturated heterocycles. The number of para-hydroxylation sites is 2. The molecule has 0 aliphatic carbocycles. The van der Waals surface area contributed by atoms with Crippen LogP contribution in [0.2, 0.25) is 0 Å². The first-order valence-corrected chi connectivity index (χ1v) is 5.07. The topological polar surface area (TPSA) is 73.7 Å². The summed E-state index contributed by atoms with van der Waals surface area (Å²) >= 11 is 0. The Morgan fingerprint density at radius 1 is 1.56 bits per heavy atom. The maximum absolute atomic E-state index is 11.7. The number of carbonyl (C=O) groups is 1. The Morgan fingerprint density at radius 2 is 2.31 bits per heavy atom. The molecule has 3 N–H and O–H groups in total. The lowest BCUT2D eigenvalue weighted by Crippen LogP contribution is -2.36. The zero-order valence-electron chi connectivity index (χ0n) is 8.90. The monoisotopic (exact) mass is 219 g/mol. The van der Waals surface area contributed by atoms with Gasteiger partial charge < -0.3 is 15.7 Å². The van der Waals surface area contributed by atoms with Crippen LogP contribution in [0.25, 0.3) is 0 Å². The van der Waals surface area contributed by atoms with Gasteiger partial charge >= 0.3 is 0 Å². The summed E-state index contributed by atoms with van der Waals surface area (Å²) in [6.07, 6.45) is 0. The largest absolute Gasteiger partial charge is 0.506 e. The third-order valence-electron chi connectivity index (χ3n) is 2.27. The van der Waals surface area contributed by atoms with Crippen LogP contribution >= 0.6 is 0 Å². The van der Waals surface area contributed by atoms with Gasteiger partial charge in [0.1, 0.15) is 5.75 Å². The number of carbonyl (C=O) groups excluding carboxylic acids is 1. The fraction of sp³-hybridized carbons (Fsp3) is 0.273. The molecule has 5 heteroatoms. The molecule has 84 valence electrons. The standard InChI is InChI=1S/C11H13N3O2/c1-7-6-12-10(13-7)11(16)14-8-4-2-3-5-9(8)15/h2-5,7,15H,6H2,1H3,(H,12,13)(H,14,16). The van der Waals surface area contributed by atoms with Gasteiger partial charge in [0.25, 0.3) is 5.91 Å². The number of rotatable bonds is 2. The van der Waals surface area contributed by atoms with Gasteiger partial charge in [-0.1, -0.05) is 12.1 Å². The van der Waals surface area contributed by atoms with Crippen LogP contribution < -0.4 is 10.6 Å². The molecule has 0 fully saturated rings. The lowest BCUT2D eigenvalue weighted by atomic mass is 10.3. The molecule has 0 saturated carbocycles. The van der Waals surface area contributed by atoms with E-state index >= 15 is 0 Å². The Balaban J connectivity index is 2.06. The van der Waals surface area contributed by atoms with E-state index in [2.05, 4.69) is 15.6 Å². The fourth-order valence-electron chi connectivity index (χ4n) is 1.45. The molecule has 0 aromatic heterocycles. The van der Waals surface area contributed by atoms with Crippen molar-refractivity contribution >= 4 is 17.4 Å². The number of phenols is 1. The minimum Gasteiger partial charge on any atom is -0.506 e. The van der Waals surface area contributed by atoms with E-state index in [1.165, 1.54) is 6.07 Å². The summed E-state index contributed by atoms with van der Waals surface area (Å²) in [5.41, 5.74) is 0.386. The molecule has 1 heterocycles. The van der Waals surface area contributed by atoms with Crippen LogP contribution in [0.4, 0.5) is 5.69 Å². The molecule has 1 aromatic carbocycles. The normalized spacial score (nSPS) is 18.8. The van der Waals surface area contributed by atoms with Crippen LogP contribution in [-0.4, -0.2) is 29.4 Å². The molecule has 1 amide bonds. The summed E-state index contributed by atoms with van der Waals surface area (Å²) < 4.78 is 0. The van der Waals surface area contributed by atoms with E-state index in [0.29, 0.717) is 18.1 Å². The van der Waals surface area contributed by atoms with Crippen LogP contribution in [0.5, 0.6) is 5.75 Å². The van der Waals surface area contributed by atoms with Crippen molar-refractivity contribution < 1.29 is 9.90 Å². The molecule has 0 radical (unpaired) electrons. The van der Waals surface area contributed by atoms with E-state index in [1.807, 2.05) is 6.92 Å². The molecule has 0 bridgehead atoms. The van der Waals surface area contributed by atoms with Crippen molar-refractivity contribution in [3.05, 3.63) is 24.3 Å². The first kappa shape index (κ1) is 10.5. The number of hydrogen-bond acceptors (Lipinski definition) is 4. The van der Waals surface area contributed by atoms with Crippen molar-refractivity contribution in [1.29, 1.82) is 0 Å². The van der Waals surface area contributed by atoms with E-state index in [4.69, 9.17) is 0 Å². The molecular formula is C11H13N3O2. The van der Waals surface area contributed by atoms with Gasteiger partial charge in [0.05, 0.1) is 12.2 Å². The Morgan fingerprint density at radius 3 is 2.94 bits per heavy atom. The van der Waals surface area contributed by atoms with E-state index in [0.717, 1.165) is 0 Å². The minimum atomic E-state index is -0.328. The van der Waals surface area contributed by atoms with E-state index in [9.17, 15) is 9.90 Å². The summed E-state index contributed by atoms with van der Waals surface area (Å²) in [5.74, 6) is 0.0316. The van der Waals surface area contributed by atoms with Gasteiger partial charge in [-0.05, 0) is 19.1 Å². The van der Waals surface area contributed by atoms with Crippen LogP contribution in [0.3, 0.4) is 0 Å². The van der Waals surface area contributed by atoms with Crippen molar-refractivity contribution in [2.24, 2.45) is 4.99 Å². The van der Waals surface area contributed by atoms with E-state index in [-0.39, 0.29) is 17.7 Å². The molecule has 1 aliphatic rings. The predicted octanol–water partition coefficient (Wildman–Crippen LogP) is 0.721. The van der Waals surface area contributed by atoms with Crippen molar-refractivity contribution in [2.75, 3.05) is 11.9 Å². The van der Waals surface area contributed by atoms with E-state index in [1.54, 1.807) is 18.2 Å². The number of amides is 1. The lowest BCUT2D eigenvalue weighted by Gasteiger charge is -2.08. The summed E-state index contributed by atoms with van der Waals surface area (Å²) in [7, 11) is 0. The molecule has 1 unspecified atom stereocenters. The number of amidine groups is 1. The van der Waals surface area contributed by atoms with Gasteiger partial charge in [-0.3, -0.25) is 9.79 Å². The van der Waals surface area contributed by atoms with Gasteiger partial charge in [-0.25, -0.2) is 0 Å². The molecule has 5 nitrogen and oxygen atoms in total. The lowest BCUT2D eigenvalue weighted by molar-refractivity contribution is -0.110. The van der Waals surface area contributed by atoms with E-state index < -0.39 is 0 Å². The minimum absolute atomic E-state index is 0.0440. The summed E-state index contributed by atoms with van der Waals surface area (Å²) in [5, 5.41) is 15.0. The number of hydrogen-bond donors (Lipinski definition) is 3. The third kappa shape index (κ3) is 2.13. The second kappa shape index (κ2) is 4.22. The maximum Gasteiger partial charge on any atom is 0.290 e. The first-order chi connectivity index (χ1) is 7.66. The van der Waals surface area contributed by atoms with Gasteiger partial charge in [0, 0.05) is 6.04 Å². The Kier molecular flexibility index (Phi) is 2.76. The number of benzene rings is 1. The molecule has 16 heavy (non-hydrogen) atoms. The predicted molar refractivity (Wildman–Crippen MR) is 61.6 cm³/mol. The average Bonchev–Trinajstić information content (AvgIpc) is 2.68. The quantitative estimate of drug-likeness (QED) is 0.642. The van der Waals surface area contributed by atoms with Gasteiger partial charge in [0.15, 0.2) is 5.84 Å². The van der Waals surface area contributed by atoms with Gasteiger partial charge in [0.2, 0.25) is 0 Å². The number of phenolic OH excluding ortho intramolecular Hbond substituents is 1. The Bertz CT molecular complexity index is 443. The molecule has 1 atom stereocenters. The third-order valence-corrected chi connectivity index (χ3v) is 2.27. The zero-order valence-corrected chi connectivity index (χ0v) is 8.90. The average molecular weight is 219 g/mol. The van der Waals surface area contributed by atoms with Crippen molar-refractivity contribution in [3.8, 4) is 5.75 Å². The van der Waals surface area contributed by atoms with Gasteiger partial charge in [-0.15, -0.1) is 0 Å². The molecule has 1 aliphatic heterocycles. The fourth-order valence-corrected chi connectivity index (χ4v) is 1.45. The zero-order chi connectivity index (χ0) is 11.5. The number of anilines is 1. The summed E-state index contributed by atoms with van der Waals surface area (Å²) in [6, 6.07) is 6.76. The highest BCUT2D eigenvalue weighted by Crippen LogP contribution is 2.21.